The second-order valence-electron chi connectivity index (χ2n) is 5.46. The molecule has 0 aromatic carbocycles. The fraction of sp³-hybridized carbons (Fsp3) is 0.786. The minimum atomic E-state index is 0.795. The van der Waals surface area contributed by atoms with Gasteiger partial charge in [0.2, 0.25) is 0 Å². The number of halogens is 1. The second kappa shape index (κ2) is 6.07. The van der Waals surface area contributed by atoms with E-state index >= 15 is 0 Å². The van der Waals surface area contributed by atoms with Gasteiger partial charge in [0.25, 0.3) is 0 Å². The Morgan fingerprint density at radius 2 is 2.11 bits per heavy atom. The number of aryl methyl sites for hydroxylation is 2. The van der Waals surface area contributed by atoms with E-state index in [0.717, 1.165) is 23.3 Å². The Kier molecular flexibility index (Phi) is 4.68. The molecule has 0 bridgehead atoms. The van der Waals surface area contributed by atoms with Gasteiger partial charge in [-0.1, -0.05) is 24.9 Å². The molecular formula is C14H24ClN3. The Morgan fingerprint density at radius 3 is 2.72 bits per heavy atom. The monoisotopic (exact) mass is 269 g/mol. The Bertz CT molecular complexity index is 400. The van der Waals surface area contributed by atoms with E-state index in [9.17, 15) is 0 Å². The van der Waals surface area contributed by atoms with E-state index < -0.39 is 0 Å². The number of hydrogen-bond acceptors (Lipinski definition) is 2. The van der Waals surface area contributed by atoms with Crippen molar-refractivity contribution in [3.8, 4) is 0 Å². The van der Waals surface area contributed by atoms with Gasteiger partial charge in [-0.05, 0) is 45.2 Å². The van der Waals surface area contributed by atoms with Gasteiger partial charge in [0, 0.05) is 19.2 Å². The Labute approximate surface area is 115 Å². The van der Waals surface area contributed by atoms with E-state index in [1.165, 1.54) is 44.3 Å². The van der Waals surface area contributed by atoms with Crippen molar-refractivity contribution in [1.29, 1.82) is 0 Å². The molecule has 102 valence electrons. The standard InChI is InChI=1S/C14H24ClN3/c1-4-12-6-5-8-18(9-7-12)10-13-11(2)16-17(3)14(13)15/h12H,4-10H2,1-3H3. The highest BCUT2D eigenvalue weighted by atomic mass is 35.5. The lowest BCUT2D eigenvalue weighted by Crippen LogP contribution is -2.24. The maximum atomic E-state index is 6.30. The molecule has 18 heavy (non-hydrogen) atoms. The van der Waals surface area contributed by atoms with Crippen molar-refractivity contribution in [2.75, 3.05) is 13.1 Å². The molecule has 0 aliphatic carbocycles. The third-order valence-electron chi connectivity index (χ3n) is 4.17. The van der Waals surface area contributed by atoms with Crippen LogP contribution in [0.3, 0.4) is 0 Å². The van der Waals surface area contributed by atoms with Crippen LogP contribution in [0.15, 0.2) is 0 Å². The summed E-state index contributed by atoms with van der Waals surface area (Å²) in [4.78, 5) is 2.53. The molecule has 1 aromatic rings. The first-order chi connectivity index (χ1) is 8.61. The maximum absolute atomic E-state index is 6.30. The van der Waals surface area contributed by atoms with Gasteiger partial charge in [-0.2, -0.15) is 5.10 Å². The molecule has 4 heteroatoms. The van der Waals surface area contributed by atoms with Crippen LogP contribution in [-0.2, 0) is 13.6 Å². The van der Waals surface area contributed by atoms with Crippen molar-refractivity contribution >= 4 is 11.6 Å². The fourth-order valence-electron chi connectivity index (χ4n) is 2.87. The second-order valence-corrected chi connectivity index (χ2v) is 5.82. The zero-order valence-corrected chi connectivity index (χ0v) is 12.5. The van der Waals surface area contributed by atoms with Crippen molar-refractivity contribution < 1.29 is 0 Å². The van der Waals surface area contributed by atoms with E-state index in [0.29, 0.717) is 0 Å². The number of aromatic nitrogens is 2. The highest BCUT2D eigenvalue weighted by molar-refractivity contribution is 6.30. The van der Waals surface area contributed by atoms with Gasteiger partial charge in [0.05, 0.1) is 5.69 Å². The van der Waals surface area contributed by atoms with E-state index in [1.807, 2.05) is 14.0 Å². The molecule has 1 fully saturated rings. The summed E-state index contributed by atoms with van der Waals surface area (Å²) in [5.41, 5.74) is 2.27. The minimum absolute atomic E-state index is 0.795. The number of nitrogens with zero attached hydrogens (tertiary/aromatic N) is 3. The first-order valence-electron chi connectivity index (χ1n) is 7.02. The van der Waals surface area contributed by atoms with Crippen LogP contribution in [0.2, 0.25) is 5.15 Å². The van der Waals surface area contributed by atoms with Crippen molar-refractivity contribution in [2.45, 2.75) is 46.1 Å². The van der Waals surface area contributed by atoms with Crippen LogP contribution in [0.1, 0.15) is 43.9 Å². The van der Waals surface area contributed by atoms with Gasteiger partial charge in [0.1, 0.15) is 5.15 Å². The molecule has 0 amide bonds. The van der Waals surface area contributed by atoms with Crippen LogP contribution in [0.4, 0.5) is 0 Å². The SMILES string of the molecule is CCC1CCCN(Cc2c(C)nn(C)c2Cl)CC1. The lowest BCUT2D eigenvalue weighted by molar-refractivity contribution is 0.271. The van der Waals surface area contributed by atoms with E-state index in [4.69, 9.17) is 11.6 Å². The van der Waals surface area contributed by atoms with Gasteiger partial charge >= 0.3 is 0 Å². The van der Waals surface area contributed by atoms with Crippen molar-refractivity contribution in [3.05, 3.63) is 16.4 Å². The van der Waals surface area contributed by atoms with Gasteiger partial charge in [0.15, 0.2) is 0 Å². The molecule has 1 saturated heterocycles. The third-order valence-corrected chi connectivity index (χ3v) is 4.64. The average molecular weight is 270 g/mol. The summed E-state index contributed by atoms with van der Waals surface area (Å²) in [6.45, 7) is 7.70. The van der Waals surface area contributed by atoms with Crippen LogP contribution in [-0.4, -0.2) is 27.8 Å². The zero-order chi connectivity index (χ0) is 13.1. The zero-order valence-electron chi connectivity index (χ0n) is 11.7. The molecule has 0 saturated carbocycles. The summed E-state index contributed by atoms with van der Waals surface area (Å²) in [6.07, 6.45) is 5.34. The normalized spacial score (nSPS) is 22.1. The molecule has 2 heterocycles. The third kappa shape index (κ3) is 3.07. The minimum Gasteiger partial charge on any atom is -0.299 e. The van der Waals surface area contributed by atoms with Crippen LogP contribution in [0, 0.1) is 12.8 Å². The summed E-state index contributed by atoms with van der Waals surface area (Å²) in [5.74, 6) is 0.917. The molecule has 0 spiro atoms. The molecule has 1 aliphatic rings. The number of likely N-dealkylation sites (tertiary alicyclic amines) is 1. The van der Waals surface area contributed by atoms with Gasteiger partial charge in [-0.25, -0.2) is 0 Å². The predicted octanol–water partition coefficient (Wildman–Crippen LogP) is 3.39. The first kappa shape index (κ1) is 13.9. The lowest BCUT2D eigenvalue weighted by atomic mass is 9.98. The molecule has 1 atom stereocenters. The Hall–Kier alpha value is -0.540. The van der Waals surface area contributed by atoms with Gasteiger partial charge < -0.3 is 0 Å². The van der Waals surface area contributed by atoms with Crippen LogP contribution >= 0.6 is 11.6 Å². The summed E-state index contributed by atoms with van der Waals surface area (Å²) >= 11 is 6.30. The average Bonchev–Trinajstić information content (AvgIpc) is 2.57. The molecule has 2 rings (SSSR count). The van der Waals surface area contributed by atoms with Crippen LogP contribution in [0.25, 0.3) is 0 Å². The summed E-state index contributed by atoms with van der Waals surface area (Å²) < 4.78 is 1.78. The lowest BCUT2D eigenvalue weighted by Gasteiger charge is -2.20. The predicted molar refractivity (Wildman–Crippen MR) is 75.9 cm³/mol. The highest BCUT2D eigenvalue weighted by Crippen LogP contribution is 2.24. The van der Waals surface area contributed by atoms with E-state index in [-0.39, 0.29) is 0 Å². The van der Waals surface area contributed by atoms with E-state index in [1.54, 1.807) is 4.68 Å². The highest BCUT2D eigenvalue weighted by Gasteiger charge is 2.19. The molecule has 1 aliphatic heterocycles. The quantitative estimate of drug-likeness (QED) is 0.839. The van der Waals surface area contributed by atoms with Crippen molar-refractivity contribution in [2.24, 2.45) is 13.0 Å². The molecular weight excluding hydrogens is 246 g/mol. The molecule has 0 N–H and O–H groups in total. The fourth-order valence-corrected chi connectivity index (χ4v) is 3.10. The molecule has 0 radical (unpaired) electrons. The van der Waals surface area contributed by atoms with Crippen molar-refractivity contribution in [1.82, 2.24) is 14.7 Å². The summed E-state index contributed by atoms with van der Waals surface area (Å²) in [5, 5.41) is 5.18. The first-order valence-corrected chi connectivity index (χ1v) is 7.40. The molecule has 3 nitrogen and oxygen atoms in total. The summed E-state index contributed by atoms with van der Waals surface area (Å²) in [7, 11) is 1.91. The topological polar surface area (TPSA) is 21.1 Å². The Morgan fingerprint density at radius 1 is 1.33 bits per heavy atom. The van der Waals surface area contributed by atoms with Gasteiger partial charge in [-0.15, -0.1) is 0 Å². The maximum Gasteiger partial charge on any atom is 0.131 e. The summed E-state index contributed by atoms with van der Waals surface area (Å²) in [6, 6.07) is 0. The largest absolute Gasteiger partial charge is 0.299 e. The number of rotatable bonds is 3. The number of hydrogen-bond donors (Lipinski definition) is 0. The Balaban J connectivity index is 2.01. The van der Waals surface area contributed by atoms with Crippen LogP contribution in [0.5, 0.6) is 0 Å². The smallest absolute Gasteiger partial charge is 0.131 e. The van der Waals surface area contributed by atoms with Crippen LogP contribution < -0.4 is 0 Å². The molecule has 1 aromatic heterocycles. The van der Waals surface area contributed by atoms with Crippen molar-refractivity contribution in [3.63, 3.8) is 0 Å². The molecule has 1 unspecified atom stereocenters. The van der Waals surface area contributed by atoms with Gasteiger partial charge in [-0.3, -0.25) is 9.58 Å². The van der Waals surface area contributed by atoms with E-state index in [2.05, 4.69) is 16.9 Å².